The number of hydrogen-bond acceptors (Lipinski definition) is 2. The predicted molar refractivity (Wildman–Crippen MR) is 94.5 cm³/mol. The van der Waals surface area contributed by atoms with E-state index in [9.17, 15) is 0 Å². The van der Waals surface area contributed by atoms with Crippen LogP contribution in [0.3, 0.4) is 0 Å². The number of hydrogen-bond donors (Lipinski definition) is 0. The Kier molecular flexibility index (Phi) is 6.71. The maximum Gasteiger partial charge on any atom is 0.131 e. The molecule has 0 radical (unpaired) electrons. The van der Waals surface area contributed by atoms with Gasteiger partial charge in [0.15, 0.2) is 0 Å². The topological polar surface area (TPSA) is 18.5 Å². The van der Waals surface area contributed by atoms with E-state index in [-0.39, 0.29) is 22.1 Å². The molecule has 21 heavy (non-hydrogen) atoms. The van der Waals surface area contributed by atoms with Gasteiger partial charge >= 0.3 is 0 Å². The summed E-state index contributed by atoms with van der Waals surface area (Å²) >= 11 is 0. The molecule has 0 aliphatic rings. The van der Waals surface area contributed by atoms with Crippen molar-refractivity contribution in [1.29, 1.82) is 0 Å². The van der Waals surface area contributed by atoms with Crippen molar-refractivity contribution in [2.45, 2.75) is 39.9 Å². The van der Waals surface area contributed by atoms with Gasteiger partial charge < -0.3 is 9.47 Å². The first-order valence-electron chi connectivity index (χ1n) is 7.09. The average Bonchev–Trinajstić information content (AvgIpc) is 2.38. The molecule has 1 unspecified atom stereocenters. The zero-order valence-corrected chi connectivity index (χ0v) is 14.7. The molecule has 2 aromatic rings. The molecule has 2 aromatic carbocycles. The van der Waals surface area contributed by atoms with E-state index in [0.29, 0.717) is 0 Å². The molecule has 3 heteroatoms. The molecule has 0 saturated heterocycles. The van der Waals surface area contributed by atoms with Gasteiger partial charge in [-0.3, -0.25) is 0 Å². The van der Waals surface area contributed by atoms with Gasteiger partial charge in [-0.1, -0.05) is 36.4 Å². The van der Waals surface area contributed by atoms with Gasteiger partial charge in [-0.2, -0.15) is 9.90 Å². The third kappa shape index (κ3) is 4.75. The van der Waals surface area contributed by atoms with E-state index in [1.807, 2.05) is 64.1 Å². The Balaban J connectivity index is 0.00000220. The van der Waals surface area contributed by atoms with Crippen LogP contribution in [-0.2, 0) is 0 Å². The normalized spacial score (nSPS) is 10.4. The van der Waals surface area contributed by atoms with E-state index in [1.165, 1.54) is 0 Å². The van der Waals surface area contributed by atoms with Crippen LogP contribution in [0.5, 0.6) is 11.5 Å². The quantitative estimate of drug-likeness (QED) is 0.725. The molecule has 114 valence electrons. The second-order valence-electron chi connectivity index (χ2n) is 5.33. The van der Waals surface area contributed by atoms with Crippen LogP contribution >= 0.6 is 9.90 Å². The van der Waals surface area contributed by atoms with Crippen molar-refractivity contribution < 1.29 is 9.47 Å². The molecule has 0 saturated carbocycles. The molecular weight excluding hydrogens is 279 g/mol. The number of benzene rings is 2. The molecule has 0 amide bonds. The standard InChI is InChI=1S/C18H22O2.H3P/c1-13(2)19-16-11-8-12-17(20-14(3)4)18(16)15-9-6-5-7-10-15;/h5-14H,1-4H3;1H3. The second kappa shape index (κ2) is 8.05. The molecular formula is C18H25O2P. The van der Waals surface area contributed by atoms with Gasteiger partial charge in [0.2, 0.25) is 0 Å². The third-order valence-electron chi connectivity index (χ3n) is 2.78. The van der Waals surface area contributed by atoms with Gasteiger partial charge in [0.05, 0.1) is 17.8 Å². The van der Waals surface area contributed by atoms with Crippen LogP contribution in [0.4, 0.5) is 0 Å². The molecule has 0 N–H and O–H groups in total. The predicted octanol–water partition coefficient (Wildman–Crippen LogP) is 4.99. The second-order valence-corrected chi connectivity index (χ2v) is 5.33. The first kappa shape index (κ1) is 17.5. The van der Waals surface area contributed by atoms with Crippen molar-refractivity contribution in [3.8, 4) is 22.6 Å². The minimum atomic E-state index is 0. The van der Waals surface area contributed by atoms with Crippen molar-refractivity contribution in [2.75, 3.05) is 0 Å². The molecule has 0 spiro atoms. The average molecular weight is 304 g/mol. The fourth-order valence-corrected chi connectivity index (χ4v) is 2.10. The molecule has 0 aliphatic carbocycles. The maximum atomic E-state index is 5.94. The van der Waals surface area contributed by atoms with Crippen molar-refractivity contribution in [2.24, 2.45) is 0 Å². The minimum absolute atomic E-state index is 0. The van der Waals surface area contributed by atoms with Crippen molar-refractivity contribution in [3.05, 3.63) is 48.5 Å². The highest BCUT2D eigenvalue weighted by molar-refractivity contribution is 6.92. The van der Waals surface area contributed by atoms with Crippen LogP contribution in [0.15, 0.2) is 48.5 Å². The summed E-state index contributed by atoms with van der Waals surface area (Å²) in [6, 6.07) is 16.2. The Morgan fingerprint density at radius 1 is 0.667 bits per heavy atom. The molecule has 0 bridgehead atoms. The van der Waals surface area contributed by atoms with Crippen LogP contribution in [0.25, 0.3) is 11.1 Å². The highest BCUT2D eigenvalue weighted by atomic mass is 31.0. The summed E-state index contributed by atoms with van der Waals surface area (Å²) in [6.45, 7) is 8.13. The zero-order chi connectivity index (χ0) is 14.5. The Morgan fingerprint density at radius 3 is 1.57 bits per heavy atom. The highest BCUT2D eigenvalue weighted by Gasteiger charge is 2.14. The summed E-state index contributed by atoms with van der Waals surface area (Å²) < 4.78 is 11.9. The van der Waals surface area contributed by atoms with Gasteiger partial charge in [-0.15, -0.1) is 0 Å². The third-order valence-corrected chi connectivity index (χ3v) is 2.78. The van der Waals surface area contributed by atoms with Crippen LogP contribution in [0.1, 0.15) is 27.7 Å². The van der Waals surface area contributed by atoms with E-state index >= 15 is 0 Å². The van der Waals surface area contributed by atoms with Crippen molar-refractivity contribution >= 4 is 9.90 Å². The highest BCUT2D eigenvalue weighted by Crippen LogP contribution is 2.39. The van der Waals surface area contributed by atoms with Crippen molar-refractivity contribution in [3.63, 3.8) is 0 Å². The first-order valence-corrected chi connectivity index (χ1v) is 7.09. The van der Waals surface area contributed by atoms with E-state index in [1.54, 1.807) is 0 Å². The SMILES string of the molecule is CC(C)Oc1cccc(OC(C)C)c1-c1ccccc1.P. The lowest BCUT2D eigenvalue weighted by Gasteiger charge is -2.19. The summed E-state index contributed by atoms with van der Waals surface area (Å²) in [5.74, 6) is 1.73. The summed E-state index contributed by atoms with van der Waals surface area (Å²) in [7, 11) is 0. The molecule has 1 atom stereocenters. The van der Waals surface area contributed by atoms with E-state index in [0.717, 1.165) is 22.6 Å². The largest absolute Gasteiger partial charge is 0.490 e. The molecule has 0 heterocycles. The summed E-state index contributed by atoms with van der Waals surface area (Å²) in [6.07, 6.45) is 0.263. The van der Waals surface area contributed by atoms with Crippen LogP contribution < -0.4 is 9.47 Å². The summed E-state index contributed by atoms with van der Waals surface area (Å²) in [5.41, 5.74) is 2.13. The Morgan fingerprint density at radius 2 is 1.14 bits per heavy atom. The lowest BCUT2D eigenvalue weighted by atomic mass is 10.0. The molecule has 2 rings (SSSR count). The smallest absolute Gasteiger partial charge is 0.131 e. The first-order chi connectivity index (χ1) is 9.58. The van der Waals surface area contributed by atoms with Gasteiger partial charge in [0.1, 0.15) is 11.5 Å². The van der Waals surface area contributed by atoms with E-state index in [2.05, 4.69) is 12.1 Å². The van der Waals surface area contributed by atoms with Gasteiger partial charge in [0.25, 0.3) is 0 Å². The summed E-state index contributed by atoms with van der Waals surface area (Å²) in [5, 5.41) is 0. The van der Waals surface area contributed by atoms with Crippen LogP contribution in [0, 0.1) is 0 Å². The molecule has 2 nitrogen and oxygen atoms in total. The summed E-state index contributed by atoms with van der Waals surface area (Å²) in [4.78, 5) is 0. The minimum Gasteiger partial charge on any atom is -0.490 e. The van der Waals surface area contributed by atoms with Crippen LogP contribution in [-0.4, -0.2) is 12.2 Å². The van der Waals surface area contributed by atoms with Gasteiger partial charge in [-0.25, -0.2) is 0 Å². The fourth-order valence-electron chi connectivity index (χ4n) is 2.10. The molecule has 0 aliphatic heterocycles. The Hall–Kier alpha value is -1.53. The van der Waals surface area contributed by atoms with E-state index in [4.69, 9.17) is 9.47 Å². The monoisotopic (exact) mass is 304 g/mol. The van der Waals surface area contributed by atoms with E-state index < -0.39 is 0 Å². The van der Waals surface area contributed by atoms with Gasteiger partial charge in [0, 0.05) is 0 Å². The molecule has 0 aromatic heterocycles. The van der Waals surface area contributed by atoms with Crippen LogP contribution in [0.2, 0.25) is 0 Å². The zero-order valence-electron chi connectivity index (χ0n) is 13.3. The van der Waals surface area contributed by atoms with Gasteiger partial charge in [-0.05, 0) is 45.4 Å². The maximum absolute atomic E-state index is 5.94. The number of ether oxygens (including phenoxy) is 2. The Labute approximate surface area is 131 Å². The lowest BCUT2D eigenvalue weighted by Crippen LogP contribution is -2.09. The Bertz CT molecular complexity index is 522. The lowest BCUT2D eigenvalue weighted by molar-refractivity contribution is 0.231. The number of rotatable bonds is 5. The molecule has 0 fully saturated rings. The fraction of sp³-hybridized carbons (Fsp3) is 0.333. The van der Waals surface area contributed by atoms with Crippen molar-refractivity contribution in [1.82, 2.24) is 0 Å².